The summed E-state index contributed by atoms with van der Waals surface area (Å²) in [5.74, 6) is 0.992. The van der Waals surface area contributed by atoms with Gasteiger partial charge < -0.3 is 0 Å². The molecule has 0 bridgehead atoms. The summed E-state index contributed by atoms with van der Waals surface area (Å²) in [4.78, 5) is 2.71. The second-order valence-electron chi connectivity index (χ2n) is 4.06. The van der Waals surface area contributed by atoms with Crippen molar-refractivity contribution < 1.29 is 0 Å². The molecular weight excluding hydrogens is 134 g/mol. The smallest absolute Gasteiger partial charge is 0.0141 e. The van der Waals surface area contributed by atoms with Gasteiger partial charge in [-0.05, 0) is 18.8 Å². The first-order chi connectivity index (χ1) is 5.36. The third-order valence-corrected chi connectivity index (χ3v) is 3.72. The summed E-state index contributed by atoms with van der Waals surface area (Å²) in [5, 5.41) is 0. The molecule has 2 aliphatic heterocycles. The molecule has 0 N–H and O–H groups in total. The van der Waals surface area contributed by atoms with Gasteiger partial charge in [0, 0.05) is 18.6 Å². The summed E-state index contributed by atoms with van der Waals surface area (Å²) in [5.41, 5.74) is 0. The van der Waals surface area contributed by atoms with E-state index in [1.807, 2.05) is 0 Å². The van der Waals surface area contributed by atoms with Gasteiger partial charge in [0.05, 0.1) is 0 Å². The van der Waals surface area contributed by atoms with E-state index in [0.717, 1.165) is 18.0 Å². The van der Waals surface area contributed by atoms with Crippen LogP contribution in [-0.2, 0) is 0 Å². The van der Waals surface area contributed by atoms with Crippen LogP contribution in [0.5, 0.6) is 0 Å². The van der Waals surface area contributed by atoms with E-state index in [4.69, 9.17) is 0 Å². The van der Waals surface area contributed by atoms with Crippen LogP contribution in [0.1, 0.15) is 39.5 Å². The number of hydrogen-bond donors (Lipinski definition) is 0. The van der Waals surface area contributed by atoms with Crippen molar-refractivity contribution in [2.24, 2.45) is 5.92 Å². The highest BCUT2D eigenvalue weighted by Gasteiger charge is 2.46. The van der Waals surface area contributed by atoms with Gasteiger partial charge >= 0.3 is 0 Å². The Morgan fingerprint density at radius 2 is 2.09 bits per heavy atom. The molecule has 0 amide bonds. The maximum atomic E-state index is 2.71. The predicted octanol–water partition coefficient (Wildman–Crippen LogP) is 2.27. The van der Waals surface area contributed by atoms with Crippen molar-refractivity contribution in [1.29, 1.82) is 0 Å². The van der Waals surface area contributed by atoms with Gasteiger partial charge in [0.1, 0.15) is 0 Å². The summed E-state index contributed by atoms with van der Waals surface area (Å²) >= 11 is 0. The molecule has 1 heteroatoms. The maximum Gasteiger partial charge on any atom is 0.0141 e. The topological polar surface area (TPSA) is 3.24 Å². The lowest BCUT2D eigenvalue weighted by molar-refractivity contribution is -0.0922. The first kappa shape index (κ1) is 7.60. The zero-order valence-corrected chi connectivity index (χ0v) is 7.71. The normalized spacial score (nSPS) is 36.3. The Bertz CT molecular complexity index is 140. The highest BCUT2D eigenvalue weighted by Crippen LogP contribution is 2.41. The molecule has 0 spiro atoms. The molecule has 0 aromatic heterocycles. The van der Waals surface area contributed by atoms with E-state index in [0.29, 0.717) is 0 Å². The van der Waals surface area contributed by atoms with Crippen LogP contribution in [0.3, 0.4) is 0 Å². The number of nitrogens with zero attached hydrogens (tertiary/aromatic N) is 1. The van der Waals surface area contributed by atoms with Crippen molar-refractivity contribution in [3.8, 4) is 0 Å². The molecule has 2 fully saturated rings. The lowest BCUT2D eigenvalue weighted by Crippen LogP contribution is -2.66. The second kappa shape index (κ2) is 2.78. The van der Waals surface area contributed by atoms with Gasteiger partial charge in [0.25, 0.3) is 0 Å². The van der Waals surface area contributed by atoms with Gasteiger partial charge in [-0.2, -0.15) is 0 Å². The SMILES string of the molecule is CCC(CC)C1CC2CCN21. The summed E-state index contributed by atoms with van der Waals surface area (Å²) in [6.45, 7) is 6.06. The molecule has 0 saturated carbocycles. The zero-order valence-electron chi connectivity index (χ0n) is 7.71. The highest BCUT2D eigenvalue weighted by atomic mass is 15.3. The van der Waals surface area contributed by atoms with E-state index in [2.05, 4.69) is 18.7 Å². The molecule has 64 valence electrons. The quantitative estimate of drug-likeness (QED) is 0.601. The lowest BCUT2D eigenvalue weighted by Gasteiger charge is -2.59. The Morgan fingerprint density at radius 3 is 2.36 bits per heavy atom. The maximum absolute atomic E-state index is 2.71. The van der Waals surface area contributed by atoms with Crippen LogP contribution in [0.2, 0.25) is 0 Å². The average Bonchev–Trinajstić information content (AvgIpc) is 2.00. The van der Waals surface area contributed by atoms with Gasteiger partial charge in [0.15, 0.2) is 0 Å². The minimum Gasteiger partial charge on any atom is -0.297 e. The number of rotatable bonds is 3. The highest BCUT2D eigenvalue weighted by molar-refractivity contribution is 5.02. The van der Waals surface area contributed by atoms with Gasteiger partial charge in [0.2, 0.25) is 0 Å². The largest absolute Gasteiger partial charge is 0.297 e. The third-order valence-electron chi connectivity index (χ3n) is 3.72. The molecule has 0 aromatic carbocycles. The van der Waals surface area contributed by atoms with Crippen LogP contribution in [0.25, 0.3) is 0 Å². The molecule has 2 rings (SSSR count). The van der Waals surface area contributed by atoms with Crippen LogP contribution in [0.4, 0.5) is 0 Å². The first-order valence-corrected chi connectivity index (χ1v) is 5.12. The number of fused-ring (bicyclic) bond motifs is 1. The molecule has 2 atom stereocenters. The summed E-state index contributed by atoms with van der Waals surface area (Å²) in [6.07, 6.45) is 5.75. The fourth-order valence-electron chi connectivity index (χ4n) is 2.72. The van der Waals surface area contributed by atoms with Crippen molar-refractivity contribution in [2.75, 3.05) is 6.54 Å². The van der Waals surface area contributed by atoms with Gasteiger partial charge in [-0.1, -0.05) is 26.7 Å². The predicted molar refractivity (Wildman–Crippen MR) is 47.6 cm³/mol. The minimum atomic E-state index is 0.976. The van der Waals surface area contributed by atoms with Crippen LogP contribution in [0.15, 0.2) is 0 Å². The van der Waals surface area contributed by atoms with E-state index in [1.54, 1.807) is 0 Å². The molecule has 0 aromatic rings. The van der Waals surface area contributed by atoms with Crippen LogP contribution < -0.4 is 0 Å². The Kier molecular flexibility index (Phi) is 1.92. The minimum absolute atomic E-state index is 0.976. The van der Waals surface area contributed by atoms with Crippen molar-refractivity contribution in [3.63, 3.8) is 0 Å². The van der Waals surface area contributed by atoms with Gasteiger partial charge in [-0.15, -0.1) is 0 Å². The van der Waals surface area contributed by atoms with Crippen LogP contribution in [-0.4, -0.2) is 23.5 Å². The van der Waals surface area contributed by atoms with E-state index in [1.165, 1.54) is 32.2 Å². The lowest BCUT2D eigenvalue weighted by atomic mass is 9.75. The van der Waals surface area contributed by atoms with Crippen molar-refractivity contribution in [2.45, 2.75) is 51.6 Å². The second-order valence-corrected chi connectivity index (χ2v) is 4.06. The fraction of sp³-hybridized carbons (Fsp3) is 1.00. The Balaban J connectivity index is 1.85. The van der Waals surface area contributed by atoms with Crippen LogP contribution >= 0.6 is 0 Å². The zero-order chi connectivity index (χ0) is 7.84. The monoisotopic (exact) mass is 153 g/mol. The van der Waals surface area contributed by atoms with E-state index >= 15 is 0 Å². The van der Waals surface area contributed by atoms with E-state index in [-0.39, 0.29) is 0 Å². The molecule has 2 aliphatic rings. The van der Waals surface area contributed by atoms with Crippen molar-refractivity contribution >= 4 is 0 Å². The molecule has 11 heavy (non-hydrogen) atoms. The average molecular weight is 153 g/mol. The number of hydrogen-bond acceptors (Lipinski definition) is 1. The van der Waals surface area contributed by atoms with Gasteiger partial charge in [-0.25, -0.2) is 0 Å². The van der Waals surface area contributed by atoms with E-state index < -0.39 is 0 Å². The first-order valence-electron chi connectivity index (χ1n) is 5.12. The Morgan fingerprint density at radius 1 is 1.36 bits per heavy atom. The molecule has 2 unspecified atom stereocenters. The van der Waals surface area contributed by atoms with Gasteiger partial charge in [-0.3, -0.25) is 4.90 Å². The molecule has 0 aliphatic carbocycles. The Labute approximate surface area is 69.8 Å². The molecule has 0 radical (unpaired) electrons. The standard InChI is InChI=1S/C10H19N/c1-3-8(4-2)10-7-9-5-6-11(9)10/h8-10H,3-7H2,1-2H3. The van der Waals surface area contributed by atoms with Crippen molar-refractivity contribution in [3.05, 3.63) is 0 Å². The summed E-state index contributed by atoms with van der Waals surface area (Å²) < 4.78 is 0. The third kappa shape index (κ3) is 1.01. The Hall–Kier alpha value is -0.0400. The number of piperidine rings is 1. The summed E-state index contributed by atoms with van der Waals surface area (Å²) in [7, 11) is 0. The van der Waals surface area contributed by atoms with Crippen LogP contribution in [0, 0.1) is 5.92 Å². The van der Waals surface area contributed by atoms with E-state index in [9.17, 15) is 0 Å². The molecule has 1 nitrogen and oxygen atoms in total. The molecular formula is C10H19N. The molecule has 2 saturated heterocycles. The van der Waals surface area contributed by atoms with Crippen molar-refractivity contribution in [1.82, 2.24) is 4.90 Å². The molecule has 2 heterocycles. The fourth-order valence-corrected chi connectivity index (χ4v) is 2.72. The summed E-state index contributed by atoms with van der Waals surface area (Å²) in [6, 6.07) is 1.99.